The van der Waals surface area contributed by atoms with Crippen molar-refractivity contribution in [3.63, 3.8) is 0 Å². The fourth-order valence-corrected chi connectivity index (χ4v) is 7.06. The summed E-state index contributed by atoms with van der Waals surface area (Å²) >= 11 is 0. The highest BCUT2D eigenvalue weighted by molar-refractivity contribution is 6.24. The number of hydrogen-bond donors (Lipinski definition) is 0. The topological polar surface area (TPSA) is 13.1 Å². The smallest absolute Gasteiger partial charge is 0.143 e. The molecule has 1 aromatic heterocycles. The van der Waals surface area contributed by atoms with E-state index in [9.17, 15) is 4.11 Å². The van der Waals surface area contributed by atoms with Crippen LogP contribution in [0.2, 0.25) is 0 Å². The average Bonchev–Trinajstić information content (AvgIpc) is 3.66. The van der Waals surface area contributed by atoms with Gasteiger partial charge in [-0.3, -0.25) is 0 Å². The second-order valence-electron chi connectivity index (χ2n) is 11.7. The SMILES string of the molecule is [2H]c1cc2c(oc3c(-c4c([2H])c([2H])c([2H])c([2H])c4[2H])c([2H])c([2H])c([2H])c32)c(-c2ccc(-c3c4ccccc4c(-c4ccccc4)c4ccccc34)c3c([2H])c([2H])c([2H])c([2H])c23)c1[2H]. The molecule has 0 saturated heterocycles. The van der Waals surface area contributed by atoms with Crippen molar-refractivity contribution in [2.24, 2.45) is 0 Å². The molecule has 1 nitrogen and oxygen atoms in total. The van der Waals surface area contributed by atoms with Crippen LogP contribution in [0, 0.1) is 0 Å². The molecule has 0 unspecified atom stereocenters. The molecule has 0 spiro atoms. The third-order valence-corrected chi connectivity index (χ3v) is 9.11. The summed E-state index contributed by atoms with van der Waals surface area (Å²) in [5.74, 6) is 0. The van der Waals surface area contributed by atoms with E-state index in [1.807, 2.05) is 78.9 Å². The molecule has 0 amide bonds. The van der Waals surface area contributed by atoms with Crippen molar-refractivity contribution in [2.75, 3.05) is 0 Å². The Labute approximate surface area is 304 Å². The van der Waals surface area contributed by atoms with Crippen LogP contribution in [0.4, 0.5) is 0 Å². The van der Waals surface area contributed by atoms with Crippen molar-refractivity contribution in [2.45, 2.75) is 0 Å². The lowest BCUT2D eigenvalue weighted by Gasteiger charge is -2.19. The van der Waals surface area contributed by atoms with Gasteiger partial charge in [0.2, 0.25) is 0 Å². The van der Waals surface area contributed by atoms with Crippen molar-refractivity contribution < 1.29 is 23.6 Å². The highest BCUT2D eigenvalue weighted by Crippen LogP contribution is 2.47. The highest BCUT2D eigenvalue weighted by atomic mass is 16.3. The lowest BCUT2D eigenvalue weighted by atomic mass is 9.84. The Bertz CT molecular complexity index is 3590. The van der Waals surface area contributed by atoms with Crippen molar-refractivity contribution in [1.29, 1.82) is 0 Å². The van der Waals surface area contributed by atoms with Crippen LogP contribution in [0.1, 0.15) is 19.2 Å². The van der Waals surface area contributed by atoms with Crippen molar-refractivity contribution >= 4 is 54.3 Å². The van der Waals surface area contributed by atoms with E-state index in [4.69, 9.17) is 19.5 Å². The maximum Gasteiger partial charge on any atom is 0.143 e. The van der Waals surface area contributed by atoms with Gasteiger partial charge in [0.05, 0.1) is 19.2 Å². The van der Waals surface area contributed by atoms with Gasteiger partial charge in [0.25, 0.3) is 0 Å². The molecule has 0 aliphatic carbocycles. The summed E-state index contributed by atoms with van der Waals surface area (Å²) in [5, 5.41) is 3.61. The first-order valence-electron chi connectivity index (χ1n) is 22.7. The fraction of sp³-hybridized carbons (Fsp3) is 0. The van der Waals surface area contributed by atoms with E-state index in [0.717, 1.165) is 32.7 Å². The number of benzene rings is 9. The van der Waals surface area contributed by atoms with Crippen molar-refractivity contribution in [1.82, 2.24) is 0 Å². The van der Waals surface area contributed by atoms with E-state index < -0.39 is 72.0 Å². The molecular formula is C48H30O. The van der Waals surface area contributed by atoms with Gasteiger partial charge in [-0.15, -0.1) is 0 Å². The summed E-state index contributed by atoms with van der Waals surface area (Å²) in [4.78, 5) is 0. The molecule has 1 heteroatoms. The standard InChI is InChI=1S/C48H30O/c1-3-15-31(16-4-1)33-25-13-27-43-44-28-14-26-42(48(44)49-47(33)43)36-29-30-41(35-20-8-7-19-34(35)36)46-39-23-11-9-21-37(39)45(32-17-5-2-6-18-32)38-22-10-12-24-40(38)46/h1-30H/i1D,3D,4D,7D,8D,13D,14D,15D,16D,19D,20D,25D,26D,27D. The van der Waals surface area contributed by atoms with E-state index in [2.05, 4.69) is 0 Å². The van der Waals surface area contributed by atoms with E-state index in [1.165, 1.54) is 6.07 Å². The van der Waals surface area contributed by atoms with Crippen LogP contribution >= 0.6 is 0 Å². The Kier molecular flexibility index (Phi) is 3.87. The number of hydrogen-bond acceptors (Lipinski definition) is 1. The van der Waals surface area contributed by atoms with Gasteiger partial charge >= 0.3 is 0 Å². The molecule has 0 saturated carbocycles. The third-order valence-electron chi connectivity index (χ3n) is 9.11. The lowest BCUT2D eigenvalue weighted by molar-refractivity contribution is 0.671. The minimum Gasteiger partial charge on any atom is -0.455 e. The van der Waals surface area contributed by atoms with Crippen LogP contribution in [-0.4, -0.2) is 0 Å². The predicted molar refractivity (Wildman–Crippen MR) is 208 cm³/mol. The van der Waals surface area contributed by atoms with Gasteiger partial charge in [-0.2, -0.15) is 0 Å². The maximum atomic E-state index is 9.46. The molecule has 0 atom stereocenters. The maximum absolute atomic E-state index is 9.46. The summed E-state index contributed by atoms with van der Waals surface area (Å²) in [6, 6.07) is 22.7. The predicted octanol–water partition coefficient (Wildman–Crippen LogP) is 13.7. The summed E-state index contributed by atoms with van der Waals surface area (Å²) in [6.45, 7) is 0. The molecule has 228 valence electrons. The van der Waals surface area contributed by atoms with Gasteiger partial charge in [-0.1, -0.05) is 182 Å². The summed E-state index contributed by atoms with van der Waals surface area (Å²) < 4.78 is 131. The molecule has 0 aliphatic heterocycles. The number of furan rings is 1. The van der Waals surface area contributed by atoms with E-state index in [0.29, 0.717) is 11.1 Å². The van der Waals surface area contributed by atoms with Gasteiger partial charge in [0.15, 0.2) is 0 Å². The van der Waals surface area contributed by atoms with Crippen molar-refractivity contribution in [3.05, 3.63) is 182 Å². The normalized spacial score (nSPS) is 15.7. The van der Waals surface area contributed by atoms with Crippen molar-refractivity contribution in [3.8, 4) is 44.5 Å². The minimum absolute atomic E-state index is 0.0268. The quantitative estimate of drug-likeness (QED) is 0.175. The van der Waals surface area contributed by atoms with E-state index in [1.54, 1.807) is 12.1 Å². The van der Waals surface area contributed by atoms with E-state index in [-0.39, 0.29) is 67.5 Å². The molecular weight excluding hydrogens is 593 g/mol. The largest absolute Gasteiger partial charge is 0.455 e. The Morgan fingerprint density at radius 3 is 1.57 bits per heavy atom. The molecule has 0 radical (unpaired) electrons. The second kappa shape index (κ2) is 11.1. The van der Waals surface area contributed by atoms with Crippen LogP contribution in [0.15, 0.2) is 186 Å². The molecule has 9 aromatic carbocycles. The zero-order chi connectivity index (χ0) is 44.5. The fourth-order valence-electron chi connectivity index (χ4n) is 7.06. The average molecular weight is 637 g/mol. The first-order valence-corrected chi connectivity index (χ1v) is 15.7. The molecule has 0 bridgehead atoms. The van der Waals surface area contributed by atoms with Gasteiger partial charge in [-0.05, 0) is 65.7 Å². The van der Waals surface area contributed by atoms with Crippen LogP contribution in [0.3, 0.4) is 0 Å². The van der Waals surface area contributed by atoms with Gasteiger partial charge in [0.1, 0.15) is 11.2 Å². The van der Waals surface area contributed by atoms with Crippen LogP contribution in [0.25, 0.3) is 98.8 Å². The lowest BCUT2D eigenvalue weighted by Crippen LogP contribution is -1.92. The molecule has 1 heterocycles. The number of para-hydroxylation sites is 2. The third kappa shape index (κ3) is 4.26. The van der Waals surface area contributed by atoms with E-state index >= 15 is 0 Å². The molecule has 49 heavy (non-hydrogen) atoms. The molecule has 0 N–H and O–H groups in total. The molecule has 10 rings (SSSR count). The first-order chi connectivity index (χ1) is 30.1. The second-order valence-corrected chi connectivity index (χ2v) is 11.7. The van der Waals surface area contributed by atoms with Crippen LogP contribution in [0.5, 0.6) is 0 Å². The zero-order valence-corrected chi connectivity index (χ0v) is 25.6. The minimum atomic E-state index is -0.685. The first kappa shape index (κ1) is 17.1. The monoisotopic (exact) mass is 636 g/mol. The van der Waals surface area contributed by atoms with Gasteiger partial charge < -0.3 is 4.42 Å². The summed E-state index contributed by atoms with van der Waals surface area (Å²) in [5.41, 5.74) is 2.04. The molecule has 10 aromatic rings. The molecule has 0 aliphatic rings. The number of rotatable bonds is 4. The Balaban J connectivity index is 1.36. The summed E-state index contributed by atoms with van der Waals surface area (Å²) in [7, 11) is 0. The Morgan fingerprint density at radius 1 is 0.306 bits per heavy atom. The zero-order valence-electron chi connectivity index (χ0n) is 39.6. The summed E-state index contributed by atoms with van der Waals surface area (Å²) in [6.07, 6.45) is 0. The molecule has 0 fully saturated rings. The Hall–Kier alpha value is -6.44. The highest BCUT2D eigenvalue weighted by Gasteiger charge is 2.21. The van der Waals surface area contributed by atoms with Crippen LogP contribution < -0.4 is 0 Å². The van der Waals surface area contributed by atoms with Crippen LogP contribution in [-0.2, 0) is 0 Å². The van der Waals surface area contributed by atoms with Gasteiger partial charge in [0, 0.05) is 21.9 Å². The van der Waals surface area contributed by atoms with Gasteiger partial charge in [-0.25, -0.2) is 0 Å². The number of fused-ring (bicyclic) bond motifs is 6. The Morgan fingerprint density at radius 2 is 0.857 bits per heavy atom.